The molecule has 0 aromatic carbocycles. The third-order valence-corrected chi connectivity index (χ3v) is 10.7. The van der Waals surface area contributed by atoms with Gasteiger partial charge in [-0.25, -0.2) is 0 Å². The summed E-state index contributed by atoms with van der Waals surface area (Å²) < 4.78 is 25.7. The molecule has 0 aliphatic carbocycles. The normalized spacial score (nSPS) is 47.2. The Hall–Kier alpha value is -1.14. The van der Waals surface area contributed by atoms with E-state index in [0.29, 0.717) is 32.4 Å². The van der Waals surface area contributed by atoms with E-state index in [4.69, 9.17) is 18.9 Å². The molecule has 4 saturated heterocycles. The molecule has 4 rings (SSSR count). The highest BCUT2D eigenvalue weighted by molar-refractivity contribution is 6.00. The van der Waals surface area contributed by atoms with E-state index in [1.54, 1.807) is 20.8 Å². The van der Waals surface area contributed by atoms with Crippen molar-refractivity contribution in [1.29, 1.82) is 0 Å². The number of carbonyl (C=O) groups excluding carboxylic acids is 2. The Labute approximate surface area is 265 Å². The first kappa shape index (κ1) is 37.3. The molecule has 1 unspecified atom stereocenters. The van der Waals surface area contributed by atoms with Crippen LogP contribution < -0.4 is 5.32 Å². The Morgan fingerprint density at radius 2 is 1.73 bits per heavy atom. The predicted octanol–water partition coefficient (Wildman–Crippen LogP) is 3.55. The van der Waals surface area contributed by atoms with Crippen molar-refractivity contribution in [3.63, 3.8) is 0 Å². The molecular weight excluding hydrogens is 564 g/mol. The summed E-state index contributed by atoms with van der Waals surface area (Å²) in [5.41, 5.74) is -2.25. The number of hydrogen-bond donors (Lipinski definition) is 3. The van der Waals surface area contributed by atoms with Crippen LogP contribution in [0.2, 0.25) is 0 Å². The summed E-state index contributed by atoms with van der Waals surface area (Å²) in [4.78, 5) is 29.7. The van der Waals surface area contributed by atoms with E-state index in [0.717, 1.165) is 12.8 Å². The van der Waals surface area contributed by atoms with Crippen LogP contribution in [0.3, 0.4) is 0 Å². The van der Waals surface area contributed by atoms with Gasteiger partial charge < -0.3 is 39.4 Å². The van der Waals surface area contributed by atoms with Crippen molar-refractivity contribution in [3.05, 3.63) is 0 Å². The number of esters is 1. The fourth-order valence-corrected chi connectivity index (χ4v) is 7.85. The van der Waals surface area contributed by atoms with Gasteiger partial charge in [0.15, 0.2) is 12.1 Å². The average molecular weight is 627 g/mol. The summed E-state index contributed by atoms with van der Waals surface area (Å²) in [5.74, 6) is -2.76. The van der Waals surface area contributed by atoms with Crippen molar-refractivity contribution in [2.75, 3.05) is 27.2 Å². The molecule has 44 heavy (non-hydrogen) atoms. The van der Waals surface area contributed by atoms with Crippen LogP contribution in [0, 0.1) is 29.6 Å². The third kappa shape index (κ3) is 8.41. The molecule has 0 radical (unpaired) electrons. The van der Waals surface area contributed by atoms with Crippen molar-refractivity contribution < 1.29 is 38.7 Å². The Morgan fingerprint density at radius 3 is 2.34 bits per heavy atom. The number of nitrogens with zero attached hydrogens (tertiary/aromatic N) is 1. The van der Waals surface area contributed by atoms with E-state index >= 15 is 0 Å². The number of likely N-dealkylation sites (N-methyl/N-ethyl adjacent to an activating group) is 1. The van der Waals surface area contributed by atoms with E-state index in [1.807, 2.05) is 39.8 Å². The van der Waals surface area contributed by atoms with Gasteiger partial charge in [0, 0.05) is 24.6 Å². The number of Topliss-reactive ketones (excluding diaryl/α,β-unsaturated/α-hetero) is 1. The number of hydrogen-bond acceptors (Lipinski definition) is 10. The van der Waals surface area contributed by atoms with E-state index in [2.05, 4.69) is 26.1 Å². The van der Waals surface area contributed by atoms with E-state index in [9.17, 15) is 19.8 Å². The van der Waals surface area contributed by atoms with E-state index in [1.165, 1.54) is 0 Å². The summed E-state index contributed by atoms with van der Waals surface area (Å²) in [6.45, 7) is 18.4. The number of aliphatic hydroxyl groups excluding tert-OH is 1. The van der Waals surface area contributed by atoms with Gasteiger partial charge in [-0.1, -0.05) is 27.7 Å². The Kier molecular flexibility index (Phi) is 12.9. The van der Waals surface area contributed by atoms with Crippen molar-refractivity contribution in [2.45, 2.75) is 148 Å². The van der Waals surface area contributed by atoms with Crippen LogP contribution in [0.1, 0.15) is 94.4 Å². The number of ether oxygens (including phenoxy) is 4. The highest BCUT2D eigenvalue weighted by Gasteiger charge is 2.51. The Morgan fingerprint density at radius 1 is 1.07 bits per heavy atom. The number of rotatable bonds is 4. The van der Waals surface area contributed by atoms with Gasteiger partial charge in [-0.15, -0.1) is 0 Å². The molecule has 0 amide bonds. The molecule has 3 N–H and O–H groups in total. The Balaban J connectivity index is 2.14. The summed E-state index contributed by atoms with van der Waals surface area (Å²) in [5, 5.41) is 27.1. The van der Waals surface area contributed by atoms with Gasteiger partial charge in [0.05, 0.1) is 17.8 Å². The van der Waals surface area contributed by atoms with Gasteiger partial charge >= 0.3 is 5.97 Å². The van der Waals surface area contributed by atoms with Crippen LogP contribution >= 0.6 is 0 Å². The molecule has 4 heterocycles. The lowest BCUT2D eigenvalue weighted by Crippen LogP contribution is -2.60. The van der Waals surface area contributed by atoms with Crippen molar-refractivity contribution >= 4 is 11.8 Å². The van der Waals surface area contributed by atoms with Crippen LogP contribution in [-0.2, 0) is 28.5 Å². The molecule has 4 fully saturated rings. The average Bonchev–Trinajstić information content (AvgIpc) is 2.95. The molecule has 10 heteroatoms. The molecule has 4 aliphatic heterocycles. The maximum Gasteiger partial charge on any atom is 0.316 e. The minimum Gasteiger partial charge on any atom is -0.459 e. The fraction of sp³-hybridized carbons (Fsp3) is 0.941. The first-order chi connectivity index (χ1) is 20.4. The molecule has 0 spiro atoms. The monoisotopic (exact) mass is 626 g/mol. The first-order valence-electron chi connectivity index (χ1n) is 16.9. The Bertz CT molecular complexity index is 962. The highest BCUT2D eigenvalue weighted by atomic mass is 16.7. The van der Waals surface area contributed by atoms with Crippen LogP contribution in [0.25, 0.3) is 0 Å². The first-order valence-corrected chi connectivity index (χ1v) is 16.9. The molecule has 0 aromatic heterocycles. The standard InChI is InChI=1S/C34H62N2O8/c1-12-27-34(9,40)25-14-13-19(2)18-41-33(8,16-21(4)35-17-20(25)3)30(23(6)28(37)24(7)31(39)43-27)44-32-29(38)26(36(10)11)15-22(5)42-32/h19-27,29-30,32,35,38,40H,12-18H2,1-11H3/t19?,20-,21+,22+,23-,24+,25+,26-,27+,29+,30+,32-,33+,34-/m0/s1. The third-order valence-electron chi connectivity index (χ3n) is 10.7. The minimum atomic E-state index is -1.29. The molecule has 14 atom stereocenters. The number of aliphatic hydroxyl groups is 2. The summed E-state index contributed by atoms with van der Waals surface area (Å²) >= 11 is 0. The molecule has 256 valence electrons. The number of ketones is 1. The fourth-order valence-electron chi connectivity index (χ4n) is 7.85. The van der Waals surface area contributed by atoms with Gasteiger partial charge in [-0.2, -0.15) is 0 Å². The van der Waals surface area contributed by atoms with Gasteiger partial charge in [0.25, 0.3) is 0 Å². The highest BCUT2D eigenvalue weighted by Crippen LogP contribution is 2.40. The van der Waals surface area contributed by atoms with Gasteiger partial charge in [-0.3, -0.25) is 9.59 Å². The van der Waals surface area contributed by atoms with Gasteiger partial charge in [0.1, 0.15) is 23.7 Å². The predicted molar refractivity (Wildman–Crippen MR) is 169 cm³/mol. The number of nitrogens with one attached hydrogen (secondary N) is 1. The van der Waals surface area contributed by atoms with Crippen molar-refractivity contribution in [2.24, 2.45) is 29.6 Å². The summed E-state index contributed by atoms with van der Waals surface area (Å²) in [6.07, 6.45) is -0.580. The van der Waals surface area contributed by atoms with Gasteiger partial charge in [-0.05, 0) is 105 Å². The molecule has 10 nitrogen and oxygen atoms in total. The zero-order chi connectivity index (χ0) is 33.1. The van der Waals surface area contributed by atoms with E-state index in [-0.39, 0.29) is 41.7 Å². The van der Waals surface area contributed by atoms with Crippen molar-refractivity contribution in [1.82, 2.24) is 10.2 Å². The number of fused-ring (bicyclic) bond motifs is 15. The topological polar surface area (TPSA) is 127 Å². The maximum absolute atomic E-state index is 14.1. The van der Waals surface area contributed by atoms with Crippen LogP contribution in [0.15, 0.2) is 0 Å². The second-order valence-electron chi connectivity index (χ2n) is 15.0. The summed E-state index contributed by atoms with van der Waals surface area (Å²) in [6, 6.07) is -0.214. The quantitative estimate of drug-likeness (QED) is 0.315. The van der Waals surface area contributed by atoms with Crippen molar-refractivity contribution in [3.8, 4) is 0 Å². The zero-order valence-corrected chi connectivity index (χ0v) is 29.2. The molecule has 4 aliphatic rings. The lowest BCUT2D eigenvalue weighted by atomic mass is 9.72. The lowest BCUT2D eigenvalue weighted by Gasteiger charge is -2.47. The minimum absolute atomic E-state index is 0.0239. The smallest absolute Gasteiger partial charge is 0.316 e. The maximum atomic E-state index is 14.1. The van der Waals surface area contributed by atoms with Crippen LogP contribution in [-0.4, -0.2) is 108 Å². The number of carbonyl (C=O) groups is 2. The summed E-state index contributed by atoms with van der Waals surface area (Å²) in [7, 11) is 3.84. The molecule has 0 aromatic rings. The SMILES string of the molecule is CC[C@H]1OC(=O)[C@H](C)C(=O)[C@H](C)[C@@H](O[C@@H]2O[C@H](C)C[C@H](N(C)C)[C@H]2O)[C@@]2(C)C[C@@H](C)NC[C@H](C)[C@@H](CCC(C)CO2)[C@]1(C)O. The second-order valence-corrected chi connectivity index (χ2v) is 15.0. The van der Waals surface area contributed by atoms with Crippen LogP contribution in [0.4, 0.5) is 0 Å². The largest absolute Gasteiger partial charge is 0.459 e. The lowest BCUT2D eigenvalue weighted by molar-refractivity contribution is -0.298. The molecule has 0 saturated carbocycles. The zero-order valence-electron chi connectivity index (χ0n) is 29.2. The van der Waals surface area contributed by atoms with E-state index < -0.39 is 53.6 Å². The van der Waals surface area contributed by atoms with Crippen LogP contribution in [0.5, 0.6) is 0 Å². The molecule has 2 bridgehead atoms. The molecular formula is C34H62N2O8. The van der Waals surface area contributed by atoms with Gasteiger partial charge in [0.2, 0.25) is 0 Å². The second kappa shape index (κ2) is 15.2.